The van der Waals surface area contributed by atoms with E-state index >= 15 is 0 Å². The predicted molar refractivity (Wildman–Crippen MR) is 81.1 cm³/mol. The van der Waals surface area contributed by atoms with Crippen LogP contribution in [0.25, 0.3) is 0 Å². The lowest BCUT2D eigenvalue weighted by molar-refractivity contribution is 0.210. The summed E-state index contributed by atoms with van der Waals surface area (Å²) in [5, 5.41) is 0. The molecule has 13 heavy (non-hydrogen) atoms. The zero-order valence-electron chi connectivity index (χ0n) is 8.73. The Hall–Kier alpha value is 1.85. The number of alkyl halides is 2. The van der Waals surface area contributed by atoms with Crippen molar-refractivity contribution in [2.45, 2.75) is 46.7 Å². The summed E-state index contributed by atoms with van der Waals surface area (Å²) in [5.41, 5.74) is 0. The normalized spacial score (nSPS) is 32.1. The van der Waals surface area contributed by atoms with Gasteiger partial charge in [-0.2, -0.15) is 0 Å². The van der Waals surface area contributed by atoms with Crippen LogP contribution in [0.15, 0.2) is 0 Å². The summed E-state index contributed by atoms with van der Waals surface area (Å²) < 4.78 is 6.98. The van der Waals surface area contributed by atoms with Crippen LogP contribution < -0.4 is 0 Å². The lowest BCUT2D eigenvalue weighted by atomic mass is 10.3. The molecule has 1 unspecified atom stereocenters. The van der Waals surface area contributed by atoms with Crippen LogP contribution in [0.3, 0.4) is 0 Å². The van der Waals surface area contributed by atoms with Crippen LogP contribution in [0.1, 0.15) is 6.42 Å². The molecule has 78 valence electrons. The van der Waals surface area contributed by atoms with Crippen molar-refractivity contribution in [3.8, 4) is 0 Å². The summed E-state index contributed by atoms with van der Waals surface area (Å²) in [6.07, 6.45) is 1.83. The molecule has 1 rings (SSSR count). The van der Waals surface area contributed by atoms with Crippen molar-refractivity contribution in [3.63, 3.8) is 0 Å². The van der Waals surface area contributed by atoms with E-state index in [4.69, 9.17) is 4.43 Å². The first-order chi connectivity index (χ1) is 5.76. The highest BCUT2D eigenvalue weighted by Crippen LogP contribution is 2.37. The van der Waals surface area contributed by atoms with Crippen LogP contribution in [-0.4, -0.2) is 23.5 Å². The molecule has 0 aromatic carbocycles. The van der Waals surface area contributed by atoms with E-state index in [0.717, 1.165) is 0 Å². The Morgan fingerprint density at radius 3 is 2.15 bits per heavy atom. The molecule has 5 heteroatoms. The van der Waals surface area contributed by atoms with Gasteiger partial charge in [-0.25, -0.2) is 0 Å². The van der Waals surface area contributed by atoms with E-state index in [2.05, 4.69) is 71.4 Å². The molecule has 0 N–H and O–H groups in total. The molecule has 0 aromatic heterocycles. The molecular weight excluding hydrogens is 422 g/mol. The molecule has 0 radical (unpaired) electrons. The average molecular weight is 440 g/mol. The first-order valence-electron chi connectivity index (χ1n) is 4.72. The van der Waals surface area contributed by atoms with Gasteiger partial charge in [-0.05, 0) is 19.5 Å². The van der Waals surface area contributed by atoms with Gasteiger partial charge in [-0.15, -0.1) is 0 Å². The second-order valence-electron chi connectivity index (χ2n) is 4.92. The molecule has 1 aliphatic rings. The van der Waals surface area contributed by atoms with Crippen LogP contribution in [-0.2, 0) is 4.43 Å². The molecule has 0 spiro atoms. The van der Waals surface area contributed by atoms with Crippen molar-refractivity contribution in [2.75, 3.05) is 0 Å². The zero-order valence-corrected chi connectivity index (χ0v) is 15.0. The highest BCUT2D eigenvalue weighted by Gasteiger charge is 2.48. The van der Waals surface area contributed by atoms with E-state index in [-0.39, 0.29) is 0 Å². The van der Waals surface area contributed by atoms with Gasteiger partial charge < -0.3 is 4.43 Å². The highest BCUT2D eigenvalue weighted by molar-refractivity contribution is 14.2. The number of hydrogen-bond acceptors (Lipinski definition) is 1. The Kier molecular flexibility index (Phi) is 4.36. The van der Waals surface area contributed by atoms with Gasteiger partial charge in [0, 0.05) is 0 Å². The standard InChI is InChI=1S/C8H18I2OSi2/c1-12(2)6-5-7(8(9)10)11-13(12,3)4/h7-8H,5-6H2,1-4H3. The van der Waals surface area contributed by atoms with Crippen LogP contribution in [0.5, 0.6) is 0 Å². The lowest BCUT2D eigenvalue weighted by Gasteiger charge is -2.46. The second kappa shape index (κ2) is 4.38. The van der Waals surface area contributed by atoms with E-state index in [0.29, 0.717) is 8.04 Å². The zero-order chi connectivity index (χ0) is 10.3. The maximum atomic E-state index is 6.34. The number of hydrogen-bond donors (Lipinski definition) is 0. The fourth-order valence-electron chi connectivity index (χ4n) is 1.58. The van der Waals surface area contributed by atoms with Crippen molar-refractivity contribution in [1.82, 2.24) is 0 Å². The maximum absolute atomic E-state index is 6.34. The summed E-state index contributed by atoms with van der Waals surface area (Å²) in [4.78, 5) is 0. The molecule has 1 atom stereocenters. The Labute approximate surface area is 111 Å². The number of rotatable bonds is 1. The first kappa shape index (κ1) is 12.9. The molecule has 1 nitrogen and oxygen atoms in total. The predicted octanol–water partition coefficient (Wildman–Crippen LogP) is 3.96. The summed E-state index contributed by atoms with van der Waals surface area (Å²) in [5.74, 6) is 0. The average Bonchev–Trinajstić information content (AvgIpc) is 1.94. The molecule has 1 aliphatic heterocycles. The van der Waals surface area contributed by atoms with Gasteiger partial charge in [0.15, 0.2) is 7.83 Å². The molecule has 0 bridgehead atoms. The van der Waals surface area contributed by atoms with Gasteiger partial charge in [0.25, 0.3) is 0 Å². The Balaban J connectivity index is 2.71. The Morgan fingerprint density at radius 2 is 1.77 bits per heavy atom. The second-order valence-corrected chi connectivity index (χ2v) is 25.2. The summed E-state index contributed by atoms with van der Waals surface area (Å²) in [6.45, 7) is 9.84. The van der Waals surface area contributed by atoms with E-state index in [1.54, 1.807) is 0 Å². The first-order valence-corrected chi connectivity index (χ1v) is 14.3. The molecular formula is C8H18I2OSi2. The minimum atomic E-state index is -1.31. The maximum Gasteiger partial charge on any atom is 0.174 e. The van der Waals surface area contributed by atoms with Gasteiger partial charge in [0.1, 0.15) is 0 Å². The van der Waals surface area contributed by atoms with Crippen molar-refractivity contribution in [3.05, 3.63) is 0 Å². The smallest absolute Gasteiger partial charge is 0.174 e. The summed E-state index contributed by atoms with van der Waals surface area (Å²) >= 11 is 4.98. The van der Waals surface area contributed by atoms with Gasteiger partial charge in [0.2, 0.25) is 0 Å². The van der Waals surface area contributed by atoms with Crippen molar-refractivity contribution < 1.29 is 4.43 Å². The third-order valence-corrected chi connectivity index (χ3v) is 21.6. The third kappa shape index (κ3) is 2.91. The van der Waals surface area contributed by atoms with E-state index in [1.807, 2.05) is 0 Å². The topological polar surface area (TPSA) is 9.23 Å². The van der Waals surface area contributed by atoms with E-state index in [9.17, 15) is 0 Å². The third-order valence-electron chi connectivity index (χ3n) is 3.41. The quantitative estimate of drug-likeness (QED) is 0.341. The lowest BCUT2D eigenvalue weighted by Crippen LogP contribution is -2.62. The minimum absolute atomic E-state index is 0.531. The molecule has 0 aliphatic carbocycles. The van der Waals surface area contributed by atoms with Crippen molar-refractivity contribution in [2.24, 2.45) is 0 Å². The Bertz CT molecular complexity index is 195. The molecule has 1 fully saturated rings. The minimum Gasteiger partial charge on any atom is -0.415 e. The van der Waals surface area contributed by atoms with Crippen LogP contribution in [0.4, 0.5) is 0 Å². The van der Waals surface area contributed by atoms with Crippen LogP contribution >= 0.6 is 45.2 Å². The van der Waals surface area contributed by atoms with Crippen LogP contribution in [0.2, 0.25) is 32.2 Å². The van der Waals surface area contributed by atoms with Crippen molar-refractivity contribution in [1.29, 1.82) is 0 Å². The van der Waals surface area contributed by atoms with Gasteiger partial charge >= 0.3 is 0 Å². The van der Waals surface area contributed by atoms with Gasteiger partial charge in [-0.1, -0.05) is 64.3 Å². The fraction of sp³-hybridized carbons (Fsp3) is 1.00. The van der Waals surface area contributed by atoms with Crippen LogP contribution in [0, 0.1) is 0 Å². The SMILES string of the molecule is C[Si]1(C)CCC(C(I)I)O[Si]1(C)C. The largest absolute Gasteiger partial charge is 0.415 e. The number of halogens is 2. The molecule has 1 heterocycles. The monoisotopic (exact) mass is 440 g/mol. The Morgan fingerprint density at radius 1 is 1.23 bits per heavy atom. The van der Waals surface area contributed by atoms with Gasteiger partial charge in [-0.3, -0.25) is 0 Å². The van der Waals surface area contributed by atoms with E-state index in [1.165, 1.54) is 12.5 Å². The van der Waals surface area contributed by atoms with Gasteiger partial charge in [0.05, 0.1) is 15.6 Å². The molecule has 0 amide bonds. The summed E-state index contributed by atoms with van der Waals surface area (Å²) in [6, 6.07) is 1.47. The fourth-order valence-corrected chi connectivity index (χ4v) is 9.73. The molecule has 1 saturated heterocycles. The molecule has 0 aromatic rings. The van der Waals surface area contributed by atoms with Crippen molar-refractivity contribution >= 4 is 60.6 Å². The molecule has 0 saturated carbocycles. The van der Waals surface area contributed by atoms with E-state index < -0.39 is 15.4 Å². The summed E-state index contributed by atoms with van der Waals surface area (Å²) in [7, 11) is -2.31. The highest BCUT2D eigenvalue weighted by atomic mass is 127.